The molecule has 2 fully saturated rings. The molecule has 0 aromatic heterocycles. The Kier molecular flexibility index (Phi) is 2.32. The number of Topliss-reactive ketones (excluding diaryl/α,β-unsaturated/α-hetero) is 1. The Morgan fingerprint density at radius 2 is 1.83 bits per heavy atom. The molecule has 0 heterocycles. The fourth-order valence-corrected chi connectivity index (χ4v) is 3.85. The molecular weight excluding hydrogens is 220 g/mol. The number of carbonyl (C=O) groups excluding carboxylic acids is 1. The summed E-state index contributed by atoms with van der Waals surface area (Å²) in [7, 11) is 0. The summed E-state index contributed by atoms with van der Waals surface area (Å²) in [5.74, 6) is 0.620. The minimum atomic E-state index is 0.0601. The van der Waals surface area contributed by atoms with Gasteiger partial charge in [0, 0.05) is 16.9 Å². The van der Waals surface area contributed by atoms with Crippen molar-refractivity contribution in [1.29, 1.82) is 0 Å². The predicted octanol–water partition coefficient (Wildman–Crippen LogP) is 4.10. The summed E-state index contributed by atoms with van der Waals surface area (Å²) < 4.78 is 0. The highest BCUT2D eigenvalue weighted by Gasteiger charge is 2.63. The van der Waals surface area contributed by atoms with Crippen LogP contribution in [0.5, 0.6) is 0 Å². The maximum Gasteiger partial charge on any atom is 0.163 e. The van der Waals surface area contributed by atoms with Gasteiger partial charge in [-0.25, -0.2) is 0 Å². The van der Waals surface area contributed by atoms with Gasteiger partial charge in [-0.15, -0.1) is 0 Å². The monoisotopic (exact) mass is 240 g/mol. The SMILES string of the molecule is CC12CCC(C(=O)C1=Cc1ccccc1)C2(C)C. The Morgan fingerprint density at radius 1 is 1.17 bits per heavy atom. The zero-order valence-corrected chi connectivity index (χ0v) is 11.4. The average Bonchev–Trinajstić information content (AvgIpc) is 2.65. The molecule has 2 atom stereocenters. The van der Waals surface area contributed by atoms with Crippen LogP contribution in [-0.4, -0.2) is 5.78 Å². The minimum Gasteiger partial charge on any atom is -0.294 e. The van der Waals surface area contributed by atoms with Crippen LogP contribution >= 0.6 is 0 Å². The number of hydrogen-bond donors (Lipinski definition) is 0. The first-order valence-electron chi connectivity index (χ1n) is 6.78. The fourth-order valence-electron chi connectivity index (χ4n) is 3.85. The second kappa shape index (κ2) is 3.57. The molecule has 1 aromatic carbocycles. The molecule has 0 spiro atoms. The van der Waals surface area contributed by atoms with Crippen molar-refractivity contribution in [2.24, 2.45) is 16.7 Å². The van der Waals surface area contributed by atoms with Crippen molar-refractivity contribution in [3.63, 3.8) is 0 Å². The van der Waals surface area contributed by atoms with E-state index >= 15 is 0 Å². The Morgan fingerprint density at radius 3 is 2.39 bits per heavy atom. The molecule has 0 saturated heterocycles. The van der Waals surface area contributed by atoms with Crippen LogP contribution in [0.4, 0.5) is 0 Å². The molecule has 0 aliphatic heterocycles. The lowest BCUT2D eigenvalue weighted by Crippen LogP contribution is -2.27. The summed E-state index contributed by atoms with van der Waals surface area (Å²) in [5, 5.41) is 0. The summed E-state index contributed by atoms with van der Waals surface area (Å²) in [6.45, 7) is 6.79. The molecule has 2 saturated carbocycles. The number of fused-ring (bicyclic) bond motifs is 2. The van der Waals surface area contributed by atoms with E-state index in [1.807, 2.05) is 18.2 Å². The van der Waals surface area contributed by atoms with Crippen LogP contribution in [-0.2, 0) is 4.79 Å². The molecule has 1 aromatic rings. The van der Waals surface area contributed by atoms with Crippen LogP contribution in [0.1, 0.15) is 39.2 Å². The lowest BCUT2D eigenvalue weighted by molar-refractivity contribution is -0.119. The van der Waals surface area contributed by atoms with E-state index in [1.54, 1.807) is 0 Å². The second-order valence-electron chi connectivity index (χ2n) is 6.48. The van der Waals surface area contributed by atoms with Gasteiger partial charge in [-0.3, -0.25) is 4.79 Å². The van der Waals surface area contributed by atoms with Gasteiger partial charge in [0.05, 0.1) is 0 Å². The average molecular weight is 240 g/mol. The van der Waals surface area contributed by atoms with Gasteiger partial charge in [-0.05, 0) is 29.9 Å². The van der Waals surface area contributed by atoms with Gasteiger partial charge in [0.1, 0.15) is 0 Å². The highest BCUT2D eigenvalue weighted by Crippen LogP contribution is 2.66. The predicted molar refractivity (Wildman–Crippen MR) is 74.0 cm³/mol. The minimum absolute atomic E-state index is 0.0601. The summed E-state index contributed by atoms with van der Waals surface area (Å²) in [6, 6.07) is 10.2. The number of carbonyl (C=O) groups is 1. The van der Waals surface area contributed by atoms with Crippen LogP contribution in [0.15, 0.2) is 35.9 Å². The first-order valence-corrected chi connectivity index (χ1v) is 6.78. The maximum atomic E-state index is 12.5. The Hall–Kier alpha value is -1.37. The highest BCUT2D eigenvalue weighted by molar-refractivity contribution is 6.06. The number of hydrogen-bond acceptors (Lipinski definition) is 1. The zero-order valence-electron chi connectivity index (χ0n) is 11.4. The van der Waals surface area contributed by atoms with Crippen molar-refractivity contribution in [2.45, 2.75) is 33.6 Å². The van der Waals surface area contributed by atoms with Crippen molar-refractivity contribution in [2.75, 3.05) is 0 Å². The molecule has 2 aliphatic carbocycles. The third kappa shape index (κ3) is 1.31. The van der Waals surface area contributed by atoms with Crippen LogP contribution in [0.25, 0.3) is 6.08 Å². The Bertz CT molecular complexity index is 524. The topological polar surface area (TPSA) is 17.1 Å². The van der Waals surface area contributed by atoms with Crippen LogP contribution in [0, 0.1) is 16.7 Å². The zero-order chi connectivity index (χ0) is 13.0. The molecule has 2 aliphatic rings. The molecule has 18 heavy (non-hydrogen) atoms. The van der Waals surface area contributed by atoms with Crippen molar-refractivity contribution in [1.82, 2.24) is 0 Å². The second-order valence-corrected chi connectivity index (χ2v) is 6.48. The standard InChI is InChI=1S/C17H20O/c1-16(2)13-9-10-17(16,3)14(15(13)18)11-12-7-5-4-6-8-12/h4-8,11,13H,9-10H2,1-3H3. The van der Waals surface area contributed by atoms with Crippen LogP contribution in [0.3, 0.4) is 0 Å². The van der Waals surface area contributed by atoms with Gasteiger partial charge >= 0.3 is 0 Å². The van der Waals surface area contributed by atoms with Gasteiger partial charge in [-0.2, -0.15) is 0 Å². The maximum absolute atomic E-state index is 12.5. The van der Waals surface area contributed by atoms with Crippen LogP contribution < -0.4 is 0 Å². The molecule has 1 heteroatoms. The van der Waals surface area contributed by atoms with E-state index < -0.39 is 0 Å². The summed E-state index contributed by atoms with van der Waals surface area (Å²) in [5.41, 5.74) is 2.37. The van der Waals surface area contributed by atoms with E-state index in [1.165, 1.54) is 0 Å². The highest BCUT2D eigenvalue weighted by atomic mass is 16.1. The number of benzene rings is 1. The van der Waals surface area contributed by atoms with Gasteiger partial charge in [0.25, 0.3) is 0 Å². The number of allylic oxidation sites excluding steroid dienone is 1. The first-order chi connectivity index (χ1) is 8.47. The molecule has 2 unspecified atom stereocenters. The fraction of sp³-hybridized carbons (Fsp3) is 0.471. The largest absolute Gasteiger partial charge is 0.294 e. The molecule has 2 bridgehead atoms. The molecular formula is C17H20O. The molecule has 1 nitrogen and oxygen atoms in total. The number of rotatable bonds is 1. The number of ketones is 1. The molecule has 0 N–H and O–H groups in total. The van der Waals surface area contributed by atoms with Gasteiger partial charge in [-0.1, -0.05) is 51.1 Å². The van der Waals surface area contributed by atoms with Crippen LogP contribution in [0.2, 0.25) is 0 Å². The Labute approximate surface area is 109 Å². The summed E-state index contributed by atoms with van der Waals surface area (Å²) in [4.78, 5) is 12.5. The lowest BCUT2D eigenvalue weighted by atomic mass is 9.69. The van der Waals surface area contributed by atoms with Crippen molar-refractivity contribution >= 4 is 11.9 Å². The first kappa shape index (κ1) is 11.7. The third-order valence-electron chi connectivity index (χ3n) is 5.51. The van der Waals surface area contributed by atoms with Crippen molar-refractivity contribution in [3.05, 3.63) is 41.5 Å². The van der Waals surface area contributed by atoms with Crippen molar-refractivity contribution in [3.8, 4) is 0 Å². The lowest BCUT2D eigenvalue weighted by Gasteiger charge is -2.34. The van der Waals surface area contributed by atoms with E-state index in [4.69, 9.17) is 0 Å². The molecule has 0 radical (unpaired) electrons. The Balaban J connectivity index is 2.10. The van der Waals surface area contributed by atoms with Crippen molar-refractivity contribution < 1.29 is 4.79 Å². The summed E-state index contributed by atoms with van der Waals surface area (Å²) in [6.07, 6.45) is 4.33. The smallest absolute Gasteiger partial charge is 0.163 e. The molecule has 94 valence electrons. The normalized spacial score (nSPS) is 35.4. The van der Waals surface area contributed by atoms with E-state index in [0.29, 0.717) is 5.78 Å². The quantitative estimate of drug-likeness (QED) is 0.675. The van der Waals surface area contributed by atoms with Gasteiger partial charge in [0.15, 0.2) is 5.78 Å². The van der Waals surface area contributed by atoms with E-state index in [0.717, 1.165) is 24.0 Å². The van der Waals surface area contributed by atoms with Gasteiger partial charge in [0.2, 0.25) is 0 Å². The van der Waals surface area contributed by atoms with E-state index in [-0.39, 0.29) is 16.7 Å². The molecule has 3 rings (SSSR count). The third-order valence-corrected chi connectivity index (χ3v) is 5.51. The van der Waals surface area contributed by atoms with E-state index in [9.17, 15) is 4.79 Å². The van der Waals surface area contributed by atoms with Gasteiger partial charge < -0.3 is 0 Å². The summed E-state index contributed by atoms with van der Waals surface area (Å²) >= 11 is 0. The van der Waals surface area contributed by atoms with E-state index in [2.05, 4.69) is 39.0 Å². The molecule has 0 amide bonds.